The highest BCUT2D eigenvalue weighted by atomic mass is 32.2. The van der Waals surface area contributed by atoms with Crippen molar-refractivity contribution in [2.45, 2.75) is 24.5 Å². The van der Waals surface area contributed by atoms with E-state index in [-0.39, 0.29) is 5.25 Å². The lowest BCUT2D eigenvalue weighted by Crippen LogP contribution is -2.37. The Hall–Kier alpha value is -2.17. The van der Waals surface area contributed by atoms with E-state index < -0.39 is 10.0 Å². The molecule has 1 saturated heterocycles. The Kier molecular flexibility index (Phi) is 4.10. The second-order valence-electron chi connectivity index (χ2n) is 6.64. The van der Waals surface area contributed by atoms with Gasteiger partial charge in [0.05, 0.1) is 22.4 Å². The number of benzene rings is 1. The summed E-state index contributed by atoms with van der Waals surface area (Å²) in [5.74, 6) is 0.751. The zero-order chi connectivity index (χ0) is 17.4. The van der Waals surface area contributed by atoms with Gasteiger partial charge in [0.15, 0.2) is 0 Å². The number of hydrogen-bond donors (Lipinski definition) is 0. The van der Waals surface area contributed by atoms with E-state index in [1.807, 2.05) is 30.3 Å². The molecule has 0 bridgehead atoms. The van der Waals surface area contributed by atoms with E-state index in [0.717, 1.165) is 42.5 Å². The Morgan fingerprint density at radius 1 is 1.12 bits per heavy atom. The molecule has 1 aromatic carbocycles. The lowest BCUT2D eigenvalue weighted by molar-refractivity contribution is 0.432. The van der Waals surface area contributed by atoms with Crippen molar-refractivity contribution in [1.82, 2.24) is 9.29 Å². The van der Waals surface area contributed by atoms with Crippen LogP contribution in [-0.2, 0) is 10.0 Å². The Balaban J connectivity index is 1.60. The molecule has 2 aliphatic rings. The first-order chi connectivity index (χ1) is 12.1. The van der Waals surface area contributed by atoms with Crippen LogP contribution in [0.1, 0.15) is 24.8 Å². The molecule has 1 aromatic heterocycles. The number of sulfonamides is 1. The highest BCUT2D eigenvalue weighted by Gasteiger charge is 2.40. The van der Waals surface area contributed by atoms with Gasteiger partial charge < -0.3 is 4.90 Å². The molecule has 130 valence electrons. The molecule has 0 unspecified atom stereocenters. The first-order valence-corrected chi connectivity index (χ1v) is 10.1. The zero-order valence-electron chi connectivity index (χ0n) is 13.9. The van der Waals surface area contributed by atoms with E-state index in [4.69, 9.17) is 4.98 Å². The molecule has 1 aliphatic heterocycles. The predicted octanol–water partition coefficient (Wildman–Crippen LogP) is 2.11. The van der Waals surface area contributed by atoms with Crippen LogP contribution >= 0.6 is 0 Å². The number of fused-ring (bicyclic) bond motifs is 1. The normalized spacial score (nSPS) is 19.6. The average Bonchev–Trinajstić information content (AvgIpc) is 3.47. The smallest absolute Gasteiger partial charge is 0.217 e. The van der Waals surface area contributed by atoms with E-state index in [9.17, 15) is 13.7 Å². The minimum atomic E-state index is -3.13. The number of nitrogens with zero attached hydrogens (tertiary/aromatic N) is 4. The Bertz CT molecular complexity index is 947. The van der Waals surface area contributed by atoms with Crippen LogP contribution < -0.4 is 4.90 Å². The zero-order valence-corrected chi connectivity index (χ0v) is 14.7. The molecule has 4 rings (SSSR count). The van der Waals surface area contributed by atoms with Gasteiger partial charge in [0, 0.05) is 31.6 Å². The standard InChI is InChI=1S/C18H20N4O2S/c19-13-14-12-18(20-17-5-2-1-4-16(14)17)21-8-3-9-22(11-10-21)25(23,24)15-6-7-15/h1-2,4-5,12,15H,3,6-11H2. The minimum Gasteiger partial charge on any atom is -0.355 e. The van der Waals surface area contributed by atoms with Crippen LogP contribution in [0.5, 0.6) is 0 Å². The second-order valence-corrected chi connectivity index (χ2v) is 8.85. The Morgan fingerprint density at radius 3 is 2.68 bits per heavy atom. The fourth-order valence-electron chi connectivity index (χ4n) is 3.37. The summed E-state index contributed by atoms with van der Waals surface area (Å²) in [7, 11) is -3.13. The minimum absolute atomic E-state index is 0.164. The topological polar surface area (TPSA) is 77.3 Å². The molecular weight excluding hydrogens is 336 g/mol. The van der Waals surface area contributed by atoms with Crippen LogP contribution in [0.4, 0.5) is 5.82 Å². The van der Waals surface area contributed by atoms with Crippen molar-refractivity contribution >= 4 is 26.7 Å². The highest BCUT2D eigenvalue weighted by molar-refractivity contribution is 7.90. The molecule has 2 fully saturated rings. The molecule has 25 heavy (non-hydrogen) atoms. The maximum absolute atomic E-state index is 12.5. The summed E-state index contributed by atoms with van der Waals surface area (Å²) in [5.41, 5.74) is 1.40. The first kappa shape index (κ1) is 16.3. The molecule has 0 spiro atoms. The van der Waals surface area contributed by atoms with Crippen LogP contribution in [0, 0.1) is 11.3 Å². The van der Waals surface area contributed by atoms with Crippen molar-refractivity contribution in [2.24, 2.45) is 0 Å². The monoisotopic (exact) mass is 356 g/mol. The lowest BCUT2D eigenvalue weighted by Gasteiger charge is -2.23. The summed E-state index contributed by atoms with van der Waals surface area (Å²) in [4.78, 5) is 6.78. The van der Waals surface area contributed by atoms with Gasteiger partial charge >= 0.3 is 0 Å². The van der Waals surface area contributed by atoms with Gasteiger partial charge in [0.25, 0.3) is 0 Å². The van der Waals surface area contributed by atoms with Gasteiger partial charge in [-0.25, -0.2) is 13.4 Å². The van der Waals surface area contributed by atoms with E-state index in [2.05, 4.69) is 11.0 Å². The second kappa shape index (κ2) is 6.28. The van der Waals surface area contributed by atoms with Gasteiger partial charge in [-0.1, -0.05) is 18.2 Å². The van der Waals surface area contributed by atoms with Crippen molar-refractivity contribution in [3.63, 3.8) is 0 Å². The number of para-hydroxylation sites is 1. The third-order valence-corrected chi connectivity index (χ3v) is 7.31. The molecule has 0 radical (unpaired) electrons. The summed E-state index contributed by atoms with van der Waals surface area (Å²) in [6.45, 7) is 2.39. The number of nitriles is 1. The lowest BCUT2D eigenvalue weighted by atomic mass is 10.1. The number of pyridine rings is 1. The SMILES string of the molecule is N#Cc1cc(N2CCCN(S(=O)(=O)C3CC3)CC2)nc2ccccc12. The highest BCUT2D eigenvalue weighted by Crippen LogP contribution is 2.32. The molecule has 0 amide bonds. The maximum atomic E-state index is 12.5. The van der Waals surface area contributed by atoms with Gasteiger partial charge in [-0.15, -0.1) is 0 Å². The third-order valence-electron chi connectivity index (χ3n) is 4.91. The van der Waals surface area contributed by atoms with Gasteiger partial charge in [-0.2, -0.15) is 9.57 Å². The molecule has 7 heteroatoms. The fraction of sp³-hybridized carbons (Fsp3) is 0.444. The molecular formula is C18H20N4O2S. The predicted molar refractivity (Wildman–Crippen MR) is 96.8 cm³/mol. The van der Waals surface area contributed by atoms with Crippen molar-refractivity contribution in [3.05, 3.63) is 35.9 Å². The summed E-state index contributed by atoms with van der Waals surface area (Å²) in [6, 6.07) is 11.7. The van der Waals surface area contributed by atoms with E-state index in [1.165, 1.54) is 0 Å². The van der Waals surface area contributed by atoms with Crippen LogP contribution in [0.3, 0.4) is 0 Å². The van der Waals surface area contributed by atoms with Gasteiger partial charge in [-0.3, -0.25) is 0 Å². The maximum Gasteiger partial charge on any atom is 0.217 e. The van der Waals surface area contributed by atoms with Gasteiger partial charge in [-0.05, 0) is 31.4 Å². The van der Waals surface area contributed by atoms with Crippen LogP contribution in [0.2, 0.25) is 0 Å². The molecule has 0 N–H and O–H groups in total. The Morgan fingerprint density at radius 2 is 1.92 bits per heavy atom. The molecule has 2 aromatic rings. The van der Waals surface area contributed by atoms with E-state index in [0.29, 0.717) is 25.2 Å². The van der Waals surface area contributed by atoms with E-state index >= 15 is 0 Å². The number of aromatic nitrogens is 1. The number of hydrogen-bond acceptors (Lipinski definition) is 5. The van der Waals surface area contributed by atoms with Crippen LogP contribution in [0.15, 0.2) is 30.3 Å². The molecule has 1 saturated carbocycles. The van der Waals surface area contributed by atoms with Crippen LogP contribution in [-0.4, -0.2) is 49.1 Å². The quantitative estimate of drug-likeness (QED) is 0.842. The largest absolute Gasteiger partial charge is 0.355 e. The van der Waals surface area contributed by atoms with Crippen molar-refractivity contribution < 1.29 is 8.42 Å². The average molecular weight is 356 g/mol. The van der Waals surface area contributed by atoms with Crippen molar-refractivity contribution in [2.75, 3.05) is 31.1 Å². The Labute approximate surface area is 147 Å². The molecule has 6 nitrogen and oxygen atoms in total. The summed E-state index contributed by atoms with van der Waals surface area (Å²) >= 11 is 0. The van der Waals surface area contributed by atoms with Crippen molar-refractivity contribution in [1.29, 1.82) is 5.26 Å². The van der Waals surface area contributed by atoms with Crippen molar-refractivity contribution in [3.8, 4) is 6.07 Å². The summed E-state index contributed by atoms with van der Waals surface area (Å²) in [5, 5.41) is 10.1. The molecule has 0 atom stereocenters. The number of rotatable bonds is 3. The number of anilines is 1. The van der Waals surface area contributed by atoms with Gasteiger partial charge in [0.1, 0.15) is 5.82 Å². The summed E-state index contributed by atoms with van der Waals surface area (Å²) < 4.78 is 26.6. The first-order valence-electron chi connectivity index (χ1n) is 8.63. The molecule has 2 heterocycles. The fourth-order valence-corrected chi connectivity index (χ4v) is 5.24. The molecule has 1 aliphatic carbocycles. The summed E-state index contributed by atoms with van der Waals surface area (Å²) in [6.07, 6.45) is 2.35. The third kappa shape index (κ3) is 3.08. The van der Waals surface area contributed by atoms with Crippen LogP contribution in [0.25, 0.3) is 10.9 Å². The van der Waals surface area contributed by atoms with E-state index in [1.54, 1.807) is 4.31 Å². The van der Waals surface area contributed by atoms with Gasteiger partial charge in [0.2, 0.25) is 10.0 Å².